The van der Waals surface area contributed by atoms with Crippen molar-refractivity contribution >= 4 is 22.4 Å². The highest BCUT2D eigenvalue weighted by Crippen LogP contribution is 1.93. The third-order valence-electron chi connectivity index (χ3n) is 0.364. The Bertz CT molecular complexity index is 79.8. The highest BCUT2D eigenvalue weighted by molar-refractivity contribution is 9.09. The normalized spacial score (nSPS) is 7.57. The molecule has 0 bridgehead atoms. The Morgan fingerprint density at radius 3 is 2.71 bits per heavy atom. The van der Waals surface area contributed by atoms with Crippen molar-refractivity contribution in [2.24, 2.45) is 0 Å². The van der Waals surface area contributed by atoms with E-state index in [1.165, 1.54) is 0 Å². The Morgan fingerprint density at radius 1 is 2.00 bits per heavy atom. The average Bonchev–Trinajstić information content (AvgIpc) is 1.68. The summed E-state index contributed by atoms with van der Waals surface area (Å²) in [6, 6.07) is 0. The van der Waals surface area contributed by atoms with E-state index in [0.717, 1.165) is 0 Å². The lowest BCUT2D eigenvalue weighted by Gasteiger charge is -1.91. The molecule has 0 amide bonds. The summed E-state index contributed by atoms with van der Waals surface area (Å²) in [5, 5.41) is 0.506. The Labute approximate surface area is 50.3 Å². The molecule has 0 saturated heterocycles. The fraction of sp³-hybridized carbons (Fsp3) is 0.250. The van der Waals surface area contributed by atoms with Crippen molar-refractivity contribution in [3.8, 4) is 0 Å². The minimum Gasteiger partial charge on any atom is -0.433 e. The highest BCUT2D eigenvalue weighted by Gasteiger charge is 1.84. The van der Waals surface area contributed by atoms with Gasteiger partial charge in [0.15, 0.2) is 0 Å². The number of rotatable bonds is 3. The zero-order chi connectivity index (χ0) is 5.70. The van der Waals surface area contributed by atoms with Gasteiger partial charge in [-0.2, -0.15) is 0 Å². The molecule has 40 valence electrons. The van der Waals surface area contributed by atoms with Crippen LogP contribution >= 0.6 is 15.9 Å². The number of carbonyl (C=O) groups excluding carboxylic acids is 1. The van der Waals surface area contributed by atoms with Gasteiger partial charge >= 0.3 is 0 Å². The monoisotopic (exact) mass is 164 g/mol. The number of hydrogen-bond donors (Lipinski definition) is 0. The second kappa shape index (κ2) is 3.87. The third-order valence-corrected chi connectivity index (χ3v) is 0.989. The number of ether oxygens (including phenoxy) is 1. The van der Waals surface area contributed by atoms with E-state index in [2.05, 4.69) is 27.2 Å². The minimum atomic E-state index is 0.351. The van der Waals surface area contributed by atoms with Crippen molar-refractivity contribution in [2.75, 3.05) is 5.33 Å². The lowest BCUT2D eigenvalue weighted by molar-refractivity contribution is -0.124. The zero-order valence-corrected chi connectivity index (χ0v) is 5.27. The molecule has 0 heterocycles. The number of alkyl halides is 1. The standard InChI is InChI=1S/C4H5BrO2/c1-4(2-5)7-3-6/h3H,1-2H2. The Hall–Kier alpha value is -0.310. The summed E-state index contributed by atoms with van der Waals surface area (Å²) in [6.07, 6.45) is 0. The maximum absolute atomic E-state index is 9.47. The smallest absolute Gasteiger partial charge is 0.298 e. The fourth-order valence-electron chi connectivity index (χ4n) is 0.0995. The molecule has 3 heteroatoms. The molecule has 0 fully saturated rings. The Balaban J connectivity index is 3.17. The molecule has 0 rings (SSSR count). The first-order valence-corrected chi connectivity index (χ1v) is 2.77. The minimum absolute atomic E-state index is 0.351. The predicted molar refractivity (Wildman–Crippen MR) is 30.1 cm³/mol. The molecule has 0 aliphatic rings. The third kappa shape index (κ3) is 3.52. The number of halogens is 1. The van der Waals surface area contributed by atoms with Crippen LogP contribution in [-0.4, -0.2) is 11.8 Å². The molecule has 0 aromatic rings. The van der Waals surface area contributed by atoms with Crippen molar-refractivity contribution in [3.63, 3.8) is 0 Å². The van der Waals surface area contributed by atoms with E-state index in [1.807, 2.05) is 0 Å². The van der Waals surface area contributed by atoms with Crippen molar-refractivity contribution in [3.05, 3.63) is 12.3 Å². The number of allylic oxidation sites excluding steroid dienone is 1. The van der Waals surface area contributed by atoms with E-state index in [9.17, 15) is 4.79 Å². The summed E-state index contributed by atoms with van der Waals surface area (Å²) in [6.45, 7) is 3.71. The SMILES string of the molecule is C=C(CBr)OC=O. The maximum atomic E-state index is 9.47. The van der Waals surface area contributed by atoms with Gasteiger partial charge < -0.3 is 4.74 Å². The van der Waals surface area contributed by atoms with Crippen molar-refractivity contribution in [1.29, 1.82) is 0 Å². The van der Waals surface area contributed by atoms with Crippen LogP contribution in [0.1, 0.15) is 0 Å². The molecular formula is C4H5BrO2. The molecule has 7 heavy (non-hydrogen) atoms. The van der Waals surface area contributed by atoms with Crippen molar-refractivity contribution in [1.82, 2.24) is 0 Å². The molecule has 0 unspecified atom stereocenters. The lowest BCUT2D eigenvalue weighted by atomic mass is 10.7. The molecule has 0 aromatic carbocycles. The van der Waals surface area contributed by atoms with Gasteiger partial charge in [-0.05, 0) is 0 Å². The second-order valence-corrected chi connectivity index (χ2v) is 1.45. The van der Waals surface area contributed by atoms with Crippen molar-refractivity contribution in [2.45, 2.75) is 0 Å². The van der Waals surface area contributed by atoms with E-state index >= 15 is 0 Å². The van der Waals surface area contributed by atoms with Gasteiger partial charge in [0.25, 0.3) is 6.47 Å². The van der Waals surface area contributed by atoms with Crippen LogP contribution in [0.15, 0.2) is 12.3 Å². The quantitative estimate of drug-likeness (QED) is 0.355. The van der Waals surface area contributed by atoms with Crippen LogP contribution in [0.2, 0.25) is 0 Å². The maximum Gasteiger partial charge on any atom is 0.298 e. The predicted octanol–water partition coefficient (Wildman–Crippen LogP) is 1.07. The van der Waals surface area contributed by atoms with Crippen LogP contribution in [0.5, 0.6) is 0 Å². The van der Waals surface area contributed by atoms with E-state index in [-0.39, 0.29) is 0 Å². The van der Waals surface area contributed by atoms with E-state index in [0.29, 0.717) is 17.6 Å². The van der Waals surface area contributed by atoms with E-state index in [1.54, 1.807) is 0 Å². The molecule has 0 aliphatic heterocycles. The van der Waals surface area contributed by atoms with Gasteiger partial charge in [0, 0.05) is 0 Å². The molecule has 0 radical (unpaired) electrons. The summed E-state index contributed by atoms with van der Waals surface area (Å²) in [5.74, 6) is 0.426. The van der Waals surface area contributed by atoms with Crippen LogP contribution in [0.4, 0.5) is 0 Å². The number of hydrogen-bond acceptors (Lipinski definition) is 2. The van der Waals surface area contributed by atoms with Gasteiger partial charge in [-0.15, -0.1) is 0 Å². The molecule has 0 N–H and O–H groups in total. The first-order chi connectivity index (χ1) is 3.31. The molecule has 0 aromatic heterocycles. The molecule has 0 atom stereocenters. The molecule has 0 saturated carbocycles. The topological polar surface area (TPSA) is 26.3 Å². The largest absolute Gasteiger partial charge is 0.433 e. The summed E-state index contributed by atoms with van der Waals surface area (Å²) >= 11 is 3.03. The molecule has 0 spiro atoms. The second-order valence-electron chi connectivity index (χ2n) is 0.886. The summed E-state index contributed by atoms with van der Waals surface area (Å²) in [4.78, 5) is 9.47. The highest BCUT2D eigenvalue weighted by atomic mass is 79.9. The van der Waals surface area contributed by atoms with Crippen LogP contribution in [-0.2, 0) is 9.53 Å². The van der Waals surface area contributed by atoms with Gasteiger partial charge in [0.05, 0.1) is 5.33 Å². The van der Waals surface area contributed by atoms with Crippen LogP contribution in [0, 0.1) is 0 Å². The first-order valence-electron chi connectivity index (χ1n) is 1.65. The first kappa shape index (κ1) is 6.69. The van der Waals surface area contributed by atoms with E-state index in [4.69, 9.17) is 0 Å². The summed E-state index contributed by atoms with van der Waals surface area (Å²) < 4.78 is 4.27. The molecule has 0 aliphatic carbocycles. The van der Waals surface area contributed by atoms with Gasteiger partial charge in [0.1, 0.15) is 5.76 Å². The van der Waals surface area contributed by atoms with Gasteiger partial charge in [0.2, 0.25) is 0 Å². The van der Waals surface area contributed by atoms with Gasteiger partial charge in [-0.1, -0.05) is 22.5 Å². The molecular weight excluding hydrogens is 160 g/mol. The Morgan fingerprint density at radius 2 is 2.57 bits per heavy atom. The van der Waals surface area contributed by atoms with E-state index < -0.39 is 0 Å². The van der Waals surface area contributed by atoms with Crippen LogP contribution in [0.25, 0.3) is 0 Å². The van der Waals surface area contributed by atoms with Crippen molar-refractivity contribution < 1.29 is 9.53 Å². The Kier molecular flexibility index (Phi) is 3.69. The average molecular weight is 165 g/mol. The van der Waals surface area contributed by atoms with Crippen LogP contribution in [0.3, 0.4) is 0 Å². The lowest BCUT2D eigenvalue weighted by Crippen LogP contribution is -1.86. The molecule has 2 nitrogen and oxygen atoms in total. The summed E-state index contributed by atoms with van der Waals surface area (Å²) in [7, 11) is 0. The van der Waals surface area contributed by atoms with Gasteiger partial charge in [-0.3, -0.25) is 4.79 Å². The van der Waals surface area contributed by atoms with Crippen LogP contribution < -0.4 is 0 Å². The number of carbonyl (C=O) groups is 1. The van der Waals surface area contributed by atoms with Gasteiger partial charge in [-0.25, -0.2) is 0 Å². The summed E-state index contributed by atoms with van der Waals surface area (Å²) in [5.41, 5.74) is 0. The fourth-order valence-corrected chi connectivity index (χ4v) is 0.232. The zero-order valence-electron chi connectivity index (χ0n) is 3.69.